The maximum absolute atomic E-state index is 13.7. The average Bonchev–Trinajstić information content (AvgIpc) is 2.64. The van der Waals surface area contributed by atoms with Gasteiger partial charge in [-0.1, -0.05) is 25.7 Å². The van der Waals surface area contributed by atoms with E-state index in [1.165, 1.54) is 12.1 Å². The van der Waals surface area contributed by atoms with Crippen molar-refractivity contribution in [2.24, 2.45) is 0 Å². The molecule has 0 heterocycles. The summed E-state index contributed by atoms with van der Waals surface area (Å²) in [4.78, 5) is 12.1. The smallest absolute Gasteiger partial charge is 0.255 e. The van der Waals surface area contributed by atoms with E-state index in [1.54, 1.807) is 0 Å². The number of phenols is 1. The van der Waals surface area contributed by atoms with Crippen LogP contribution in [0.4, 0.5) is 4.39 Å². The maximum atomic E-state index is 13.7. The summed E-state index contributed by atoms with van der Waals surface area (Å²) < 4.78 is 13.7. The minimum Gasteiger partial charge on any atom is -0.508 e. The first kappa shape index (κ1) is 14.3. The van der Waals surface area contributed by atoms with Crippen molar-refractivity contribution in [3.63, 3.8) is 0 Å². The van der Waals surface area contributed by atoms with Crippen LogP contribution >= 0.6 is 0 Å². The molecule has 4 nitrogen and oxygen atoms in total. The lowest BCUT2D eigenvalue weighted by molar-refractivity contribution is 0.0908. The van der Waals surface area contributed by atoms with E-state index in [9.17, 15) is 14.4 Å². The Morgan fingerprint density at radius 1 is 1.30 bits per heavy atom. The lowest BCUT2D eigenvalue weighted by atomic mass is 9.91. The number of nitriles is 1. The van der Waals surface area contributed by atoms with Crippen molar-refractivity contribution < 1.29 is 14.3 Å². The van der Waals surface area contributed by atoms with Crippen molar-refractivity contribution in [2.75, 3.05) is 0 Å². The molecule has 1 aromatic carbocycles. The quantitative estimate of drug-likeness (QED) is 0.816. The van der Waals surface area contributed by atoms with Crippen LogP contribution in [0, 0.1) is 17.1 Å². The predicted molar refractivity (Wildman–Crippen MR) is 71.6 cm³/mol. The van der Waals surface area contributed by atoms with Gasteiger partial charge in [0.15, 0.2) is 0 Å². The van der Waals surface area contributed by atoms with Gasteiger partial charge in [0, 0.05) is 6.07 Å². The first-order valence-electron chi connectivity index (χ1n) is 6.79. The van der Waals surface area contributed by atoms with E-state index in [4.69, 9.17) is 5.11 Å². The normalized spacial score (nSPS) is 17.8. The summed E-state index contributed by atoms with van der Waals surface area (Å²) in [5.41, 5.74) is -1.06. The highest BCUT2D eigenvalue weighted by molar-refractivity contribution is 5.95. The highest BCUT2D eigenvalue weighted by Crippen LogP contribution is 2.27. The summed E-state index contributed by atoms with van der Waals surface area (Å²) >= 11 is 0. The van der Waals surface area contributed by atoms with Crippen LogP contribution in [0.1, 0.15) is 48.9 Å². The van der Waals surface area contributed by atoms with Crippen LogP contribution in [0.3, 0.4) is 0 Å². The number of aromatic hydroxyl groups is 1. The molecule has 2 rings (SSSR count). The number of carbonyl (C=O) groups excluding carboxylic acids is 1. The fourth-order valence-electron chi connectivity index (χ4n) is 2.57. The maximum Gasteiger partial charge on any atom is 0.255 e. The minimum absolute atomic E-state index is 0.151. The molecule has 0 aromatic heterocycles. The number of amides is 1. The van der Waals surface area contributed by atoms with Crippen LogP contribution < -0.4 is 5.32 Å². The molecule has 1 fully saturated rings. The van der Waals surface area contributed by atoms with Gasteiger partial charge in [-0.2, -0.15) is 5.26 Å². The van der Waals surface area contributed by atoms with Crippen molar-refractivity contribution >= 4 is 5.91 Å². The Morgan fingerprint density at radius 2 is 1.95 bits per heavy atom. The van der Waals surface area contributed by atoms with E-state index in [0.717, 1.165) is 31.7 Å². The largest absolute Gasteiger partial charge is 0.508 e. The monoisotopic (exact) mass is 276 g/mol. The van der Waals surface area contributed by atoms with E-state index in [0.29, 0.717) is 12.8 Å². The molecule has 5 heteroatoms. The molecule has 0 spiro atoms. The van der Waals surface area contributed by atoms with Gasteiger partial charge in [-0.05, 0) is 25.0 Å². The van der Waals surface area contributed by atoms with Crippen molar-refractivity contribution in [3.05, 3.63) is 29.6 Å². The lowest BCUT2D eigenvalue weighted by Crippen LogP contribution is -2.47. The number of nitrogens with zero attached hydrogens (tertiary/aromatic N) is 1. The van der Waals surface area contributed by atoms with Gasteiger partial charge in [0.1, 0.15) is 17.1 Å². The minimum atomic E-state index is -0.905. The first-order valence-corrected chi connectivity index (χ1v) is 6.79. The molecular weight excluding hydrogens is 259 g/mol. The molecule has 0 radical (unpaired) electrons. The molecule has 0 bridgehead atoms. The standard InChI is InChI=1S/C15H17FN2O2/c16-13-9-11(19)5-6-12(13)14(20)18-15(10-17)7-3-1-2-4-8-15/h5-6,9,19H,1-4,7-8H2,(H,18,20). The second kappa shape index (κ2) is 5.91. The van der Waals surface area contributed by atoms with Gasteiger partial charge in [0.2, 0.25) is 0 Å². The van der Waals surface area contributed by atoms with Gasteiger partial charge < -0.3 is 10.4 Å². The number of carbonyl (C=O) groups is 1. The molecule has 1 amide bonds. The molecule has 1 aliphatic carbocycles. The van der Waals surface area contributed by atoms with Crippen LogP contribution in [0.2, 0.25) is 0 Å². The van der Waals surface area contributed by atoms with Gasteiger partial charge >= 0.3 is 0 Å². The zero-order valence-electron chi connectivity index (χ0n) is 11.2. The Hall–Kier alpha value is -2.09. The van der Waals surface area contributed by atoms with E-state index in [-0.39, 0.29) is 11.3 Å². The summed E-state index contributed by atoms with van der Waals surface area (Å²) in [6.45, 7) is 0. The van der Waals surface area contributed by atoms with Crippen LogP contribution in [0.5, 0.6) is 5.75 Å². The molecule has 0 saturated heterocycles. The molecule has 20 heavy (non-hydrogen) atoms. The second-order valence-electron chi connectivity index (χ2n) is 5.23. The third-order valence-electron chi connectivity index (χ3n) is 3.72. The van der Waals surface area contributed by atoms with Crippen molar-refractivity contribution in [2.45, 2.75) is 44.1 Å². The molecule has 1 aromatic rings. The fourth-order valence-corrected chi connectivity index (χ4v) is 2.57. The van der Waals surface area contributed by atoms with Crippen molar-refractivity contribution in [3.8, 4) is 11.8 Å². The van der Waals surface area contributed by atoms with E-state index < -0.39 is 17.3 Å². The number of halogens is 1. The SMILES string of the molecule is N#CC1(NC(=O)c2ccc(O)cc2F)CCCCCC1. The van der Waals surface area contributed by atoms with Gasteiger partial charge in [-0.25, -0.2) is 4.39 Å². The third-order valence-corrected chi connectivity index (χ3v) is 3.72. The van der Waals surface area contributed by atoms with Gasteiger partial charge in [0.25, 0.3) is 5.91 Å². The highest BCUT2D eigenvalue weighted by atomic mass is 19.1. The lowest BCUT2D eigenvalue weighted by Gasteiger charge is -2.26. The predicted octanol–water partition coefficient (Wildman–Crippen LogP) is 2.88. The molecular formula is C15H17FN2O2. The molecule has 0 atom stereocenters. The molecule has 106 valence electrons. The summed E-state index contributed by atoms with van der Waals surface area (Å²) in [6, 6.07) is 5.55. The van der Waals surface area contributed by atoms with Gasteiger partial charge in [0.05, 0.1) is 11.6 Å². The Bertz CT molecular complexity index is 543. The number of benzene rings is 1. The second-order valence-corrected chi connectivity index (χ2v) is 5.23. The van der Waals surface area contributed by atoms with Crippen LogP contribution in [-0.4, -0.2) is 16.6 Å². The summed E-state index contributed by atoms with van der Waals surface area (Å²) in [5, 5.41) is 21.2. The fraction of sp³-hybridized carbons (Fsp3) is 0.467. The molecule has 1 aliphatic rings. The Morgan fingerprint density at radius 3 is 2.50 bits per heavy atom. The number of hydrogen-bond donors (Lipinski definition) is 2. The van der Waals surface area contributed by atoms with Crippen LogP contribution in [0.25, 0.3) is 0 Å². The first-order chi connectivity index (χ1) is 9.56. The molecule has 2 N–H and O–H groups in total. The van der Waals surface area contributed by atoms with Crippen LogP contribution in [0.15, 0.2) is 18.2 Å². The third kappa shape index (κ3) is 3.08. The molecule has 0 aliphatic heterocycles. The van der Waals surface area contributed by atoms with E-state index >= 15 is 0 Å². The highest BCUT2D eigenvalue weighted by Gasteiger charge is 2.33. The Labute approximate surface area is 117 Å². The Balaban J connectivity index is 2.18. The number of phenolic OH excluding ortho intramolecular Hbond substituents is 1. The zero-order valence-corrected chi connectivity index (χ0v) is 11.2. The van der Waals surface area contributed by atoms with Gasteiger partial charge in [-0.3, -0.25) is 4.79 Å². The van der Waals surface area contributed by atoms with Crippen molar-refractivity contribution in [1.82, 2.24) is 5.32 Å². The summed E-state index contributed by atoms with van der Waals surface area (Å²) in [5.74, 6) is -1.63. The van der Waals surface area contributed by atoms with Crippen LogP contribution in [-0.2, 0) is 0 Å². The summed E-state index contributed by atoms with van der Waals surface area (Å²) in [6.07, 6.45) is 5.04. The average molecular weight is 276 g/mol. The number of hydrogen-bond acceptors (Lipinski definition) is 3. The molecule has 0 unspecified atom stereocenters. The zero-order chi connectivity index (χ0) is 14.6. The van der Waals surface area contributed by atoms with Crippen molar-refractivity contribution in [1.29, 1.82) is 5.26 Å². The number of rotatable bonds is 2. The Kier molecular flexibility index (Phi) is 4.23. The number of nitrogens with one attached hydrogen (secondary N) is 1. The molecule has 1 saturated carbocycles. The summed E-state index contributed by atoms with van der Waals surface area (Å²) in [7, 11) is 0. The topological polar surface area (TPSA) is 73.1 Å². The van der Waals surface area contributed by atoms with E-state index in [1.807, 2.05) is 0 Å². The van der Waals surface area contributed by atoms with Gasteiger partial charge in [-0.15, -0.1) is 0 Å². The van der Waals surface area contributed by atoms with E-state index in [2.05, 4.69) is 11.4 Å².